The lowest BCUT2D eigenvalue weighted by Gasteiger charge is -2.08. The molecule has 0 aliphatic carbocycles. The molecule has 1 N–H and O–H groups in total. The summed E-state index contributed by atoms with van der Waals surface area (Å²) in [5.41, 5.74) is 1.30. The second-order valence-electron chi connectivity index (χ2n) is 4.87. The van der Waals surface area contributed by atoms with Crippen molar-refractivity contribution in [2.45, 2.75) is 12.2 Å². The lowest BCUT2D eigenvalue weighted by Crippen LogP contribution is -2.27. The summed E-state index contributed by atoms with van der Waals surface area (Å²) in [7, 11) is 0. The number of rotatable bonds is 7. The predicted molar refractivity (Wildman–Crippen MR) is 95.7 cm³/mol. The maximum atomic E-state index is 13.6. The largest absolute Gasteiger partial charge is 0.355 e. The van der Waals surface area contributed by atoms with Crippen molar-refractivity contribution in [3.63, 3.8) is 0 Å². The van der Waals surface area contributed by atoms with Crippen LogP contribution in [-0.2, 0) is 17.0 Å². The first-order valence-corrected chi connectivity index (χ1v) is 8.99. The monoisotopic (exact) mass is 371 g/mol. The Hall–Kier alpha value is -1.23. The minimum absolute atomic E-state index is 0.0809. The van der Waals surface area contributed by atoms with Gasteiger partial charge in [0, 0.05) is 33.7 Å². The zero-order chi connectivity index (χ0) is 16.7. The molecular formula is C17H16Cl2FNOS. The van der Waals surface area contributed by atoms with Crippen LogP contribution in [0.1, 0.15) is 11.1 Å². The van der Waals surface area contributed by atoms with Crippen LogP contribution in [0.5, 0.6) is 0 Å². The van der Waals surface area contributed by atoms with E-state index >= 15 is 0 Å². The van der Waals surface area contributed by atoms with Gasteiger partial charge >= 0.3 is 0 Å². The van der Waals surface area contributed by atoms with Crippen molar-refractivity contribution in [2.75, 3.05) is 12.3 Å². The van der Waals surface area contributed by atoms with Crippen molar-refractivity contribution in [2.24, 2.45) is 0 Å². The lowest BCUT2D eigenvalue weighted by molar-refractivity contribution is -0.120. The van der Waals surface area contributed by atoms with E-state index in [1.54, 1.807) is 18.2 Å². The van der Waals surface area contributed by atoms with E-state index in [2.05, 4.69) is 5.32 Å². The maximum absolute atomic E-state index is 13.6. The summed E-state index contributed by atoms with van der Waals surface area (Å²) in [5.74, 6) is 0.778. The van der Waals surface area contributed by atoms with Gasteiger partial charge in [-0.25, -0.2) is 4.39 Å². The summed E-state index contributed by atoms with van der Waals surface area (Å²) in [6.45, 7) is 0.514. The summed E-state index contributed by atoms with van der Waals surface area (Å²) in [4.78, 5) is 11.8. The molecule has 1 amide bonds. The number of carbonyl (C=O) groups excluding carboxylic acids is 1. The fourth-order valence-electron chi connectivity index (χ4n) is 1.98. The summed E-state index contributed by atoms with van der Waals surface area (Å²) >= 11 is 13.5. The molecule has 0 atom stereocenters. The van der Waals surface area contributed by atoms with Gasteiger partial charge in [0.2, 0.25) is 5.91 Å². The normalized spacial score (nSPS) is 10.6. The lowest BCUT2D eigenvalue weighted by atomic mass is 10.1. The van der Waals surface area contributed by atoms with Gasteiger partial charge in [-0.1, -0.05) is 47.5 Å². The predicted octanol–water partition coefficient (Wildman–Crippen LogP) is 4.72. The Morgan fingerprint density at radius 2 is 1.83 bits per heavy atom. The Balaban J connectivity index is 1.69. The topological polar surface area (TPSA) is 29.1 Å². The zero-order valence-electron chi connectivity index (χ0n) is 12.3. The molecule has 0 aliphatic rings. The number of carbonyl (C=O) groups is 1. The average Bonchev–Trinajstić information content (AvgIpc) is 2.52. The van der Waals surface area contributed by atoms with E-state index in [1.165, 1.54) is 17.8 Å². The smallest absolute Gasteiger partial charge is 0.224 e. The highest BCUT2D eigenvalue weighted by Gasteiger charge is 2.08. The molecule has 2 aromatic rings. The van der Waals surface area contributed by atoms with Crippen molar-refractivity contribution < 1.29 is 9.18 Å². The molecule has 6 heteroatoms. The Morgan fingerprint density at radius 3 is 2.57 bits per heavy atom. The number of benzene rings is 2. The quantitative estimate of drug-likeness (QED) is 0.713. The molecule has 0 radical (unpaired) electrons. The minimum atomic E-state index is -0.298. The number of amides is 1. The fourth-order valence-corrected chi connectivity index (χ4v) is 3.38. The molecule has 0 fully saturated rings. The van der Waals surface area contributed by atoms with E-state index in [1.807, 2.05) is 18.2 Å². The summed E-state index contributed by atoms with van der Waals surface area (Å²) < 4.78 is 13.6. The maximum Gasteiger partial charge on any atom is 0.224 e. The molecule has 0 aliphatic heterocycles. The molecule has 0 saturated heterocycles. The van der Waals surface area contributed by atoms with Crippen molar-refractivity contribution in [1.29, 1.82) is 0 Å². The van der Waals surface area contributed by atoms with E-state index < -0.39 is 0 Å². The van der Waals surface area contributed by atoms with E-state index in [4.69, 9.17) is 23.2 Å². The molecular weight excluding hydrogens is 356 g/mol. The number of hydrogen-bond acceptors (Lipinski definition) is 2. The molecule has 0 heterocycles. The van der Waals surface area contributed by atoms with Gasteiger partial charge in [-0.2, -0.15) is 11.8 Å². The summed E-state index contributed by atoms with van der Waals surface area (Å²) in [6.07, 6.45) is 0.253. The van der Waals surface area contributed by atoms with Gasteiger partial charge in [-0.3, -0.25) is 4.79 Å². The highest BCUT2D eigenvalue weighted by Crippen LogP contribution is 2.23. The highest BCUT2D eigenvalue weighted by molar-refractivity contribution is 7.98. The minimum Gasteiger partial charge on any atom is -0.355 e. The second kappa shape index (κ2) is 9.16. The van der Waals surface area contributed by atoms with Gasteiger partial charge < -0.3 is 5.32 Å². The van der Waals surface area contributed by atoms with Crippen LogP contribution in [0.2, 0.25) is 10.0 Å². The molecule has 2 rings (SSSR count). The van der Waals surface area contributed by atoms with Crippen LogP contribution in [0.4, 0.5) is 4.39 Å². The van der Waals surface area contributed by atoms with Crippen molar-refractivity contribution in [3.05, 3.63) is 69.5 Å². The molecule has 2 aromatic carbocycles. The van der Waals surface area contributed by atoms with Gasteiger partial charge in [-0.05, 0) is 23.8 Å². The number of halogens is 3. The summed E-state index contributed by atoms with van der Waals surface area (Å²) in [6, 6.07) is 11.9. The van der Waals surface area contributed by atoms with E-state index in [0.29, 0.717) is 33.7 Å². The first-order chi connectivity index (χ1) is 11.1. The molecule has 0 spiro atoms. The zero-order valence-corrected chi connectivity index (χ0v) is 14.6. The van der Waals surface area contributed by atoms with Gasteiger partial charge in [0.05, 0.1) is 6.42 Å². The number of hydrogen-bond donors (Lipinski definition) is 1. The third kappa shape index (κ3) is 5.72. The molecule has 2 nitrogen and oxygen atoms in total. The van der Waals surface area contributed by atoms with Gasteiger partial charge in [0.25, 0.3) is 0 Å². The first kappa shape index (κ1) is 18.1. The SMILES string of the molecule is O=C(Cc1ccccc1Cl)NCCSCc1c(F)cccc1Cl. The average molecular weight is 372 g/mol. The molecule has 0 unspecified atom stereocenters. The van der Waals surface area contributed by atoms with Crippen molar-refractivity contribution in [1.82, 2.24) is 5.32 Å². The van der Waals surface area contributed by atoms with Crippen molar-refractivity contribution >= 4 is 40.9 Å². The Morgan fingerprint density at radius 1 is 1.09 bits per heavy atom. The van der Waals surface area contributed by atoms with Crippen LogP contribution in [0, 0.1) is 5.82 Å². The highest BCUT2D eigenvalue weighted by atomic mass is 35.5. The third-order valence-corrected chi connectivity index (χ3v) is 4.89. The number of nitrogens with one attached hydrogen (secondary N) is 1. The fraction of sp³-hybridized carbons (Fsp3) is 0.235. The first-order valence-electron chi connectivity index (χ1n) is 7.08. The van der Waals surface area contributed by atoms with Gasteiger partial charge in [0.15, 0.2) is 0 Å². The van der Waals surface area contributed by atoms with Crippen LogP contribution < -0.4 is 5.32 Å². The Bertz CT molecular complexity index is 661. The van der Waals surface area contributed by atoms with Crippen molar-refractivity contribution in [3.8, 4) is 0 Å². The Kier molecular flexibility index (Phi) is 7.21. The van der Waals surface area contributed by atoms with Gasteiger partial charge in [-0.15, -0.1) is 0 Å². The van der Waals surface area contributed by atoms with E-state index in [9.17, 15) is 9.18 Å². The number of thioether (sulfide) groups is 1. The molecule has 0 aromatic heterocycles. The second-order valence-corrected chi connectivity index (χ2v) is 6.79. The van der Waals surface area contributed by atoms with Crippen LogP contribution in [0.15, 0.2) is 42.5 Å². The van der Waals surface area contributed by atoms with E-state index in [-0.39, 0.29) is 18.1 Å². The molecule has 23 heavy (non-hydrogen) atoms. The molecule has 0 saturated carbocycles. The van der Waals surface area contributed by atoms with Crippen LogP contribution in [0.3, 0.4) is 0 Å². The van der Waals surface area contributed by atoms with E-state index in [0.717, 1.165) is 5.56 Å². The molecule has 122 valence electrons. The van der Waals surface area contributed by atoms with Crippen LogP contribution in [-0.4, -0.2) is 18.2 Å². The third-order valence-electron chi connectivity index (χ3n) is 3.19. The van der Waals surface area contributed by atoms with Crippen LogP contribution in [0.25, 0.3) is 0 Å². The summed E-state index contributed by atoms with van der Waals surface area (Å²) in [5, 5.41) is 3.85. The Labute approximate surface area is 149 Å². The van der Waals surface area contributed by atoms with Crippen LogP contribution >= 0.6 is 35.0 Å². The van der Waals surface area contributed by atoms with Gasteiger partial charge in [0.1, 0.15) is 5.82 Å². The standard InChI is InChI=1S/C17H16Cl2FNOS/c18-14-5-2-1-4-12(14)10-17(22)21-8-9-23-11-13-15(19)6-3-7-16(13)20/h1-7H,8-11H2,(H,21,22). The molecule has 0 bridgehead atoms.